The predicted octanol–water partition coefficient (Wildman–Crippen LogP) is 4.53. The molecule has 0 saturated heterocycles. The summed E-state index contributed by atoms with van der Waals surface area (Å²) in [6.45, 7) is 12.3. The van der Waals surface area contributed by atoms with Crippen LogP contribution in [0.1, 0.15) is 37.9 Å². The number of halogens is 1. The number of hydrogen-bond acceptors (Lipinski definition) is 4. The van der Waals surface area contributed by atoms with E-state index in [0.717, 1.165) is 5.01 Å². The van der Waals surface area contributed by atoms with Gasteiger partial charge >= 0.3 is 0 Å². The minimum atomic E-state index is -2.09. The number of aromatic nitrogens is 1. The van der Waals surface area contributed by atoms with Crippen molar-refractivity contribution in [2.24, 2.45) is 0 Å². The zero-order valence-electron chi connectivity index (χ0n) is 13.7. The van der Waals surface area contributed by atoms with Gasteiger partial charge < -0.3 is 9.53 Å². The lowest BCUT2D eigenvalue weighted by Crippen LogP contribution is -2.44. The standard InChI is InChI=1S/C15H26FNO2SSi/c1-11-17-12(10-20-11)9-13(16)14(7-8-18)19-21(5,6)15(2,3)4/h9-10,14,18H,7-8H2,1-6H3/b13-9-/t14-/m1/s1. The van der Waals surface area contributed by atoms with E-state index in [1.807, 2.05) is 12.3 Å². The molecular formula is C15H26FNO2SSi. The van der Waals surface area contributed by atoms with Crippen molar-refractivity contribution in [2.75, 3.05) is 6.61 Å². The summed E-state index contributed by atoms with van der Waals surface area (Å²) in [6, 6.07) is 0. The van der Waals surface area contributed by atoms with Crippen LogP contribution in [0, 0.1) is 6.92 Å². The molecule has 120 valence electrons. The van der Waals surface area contributed by atoms with Gasteiger partial charge in [-0.1, -0.05) is 20.8 Å². The third-order valence-corrected chi connectivity index (χ3v) is 9.14. The Kier molecular flexibility index (Phi) is 6.28. The zero-order valence-corrected chi connectivity index (χ0v) is 15.6. The summed E-state index contributed by atoms with van der Waals surface area (Å²) in [4.78, 5) is 4.23. The Morgan fingerprint density at radius 3 is 2.57 bits per heavy atom. The molecule has 0 radical (unpaired) electrons. The van der Waals surface area contributed by atoms with Gasteiger partial charge in [-0.15, -0.1) is 11.3 Å². The topological polar surface area (TPSA) is 42.4 Å². The molecule has 0 aromatic carbocycles. The summed E-state index contributed by atoms with van der Waals surface area (Å²) >= 11 is 1.48. The average molecular weight is 332 g/mol. The van der Waals surface area contributed by atoms with Gasteiger partial charge in [0.05, 0.1) is 16.8 Å². The van der Waals surface area contributed by atoms with Gasteiger partial charge in [0.2, 0.25) is 0 Å². The molecule has 21 heavy (non-hydrogen) atoms. The second kappa shape index (κ2) is 7.13. The van der Waals surface area contributed by atoms with Crippen LogP contribution in [0.4, 0.5) is 4.39 Å². The van der Waals surface area contributed by atoms with Crippen LogP contribution < -0.4 is 0 Å². The van der Waals surface area contributed by atoms with E-state index in [1.54, 1.807) is 0 Å². The molecule has 1 N–H and O–H groups in total. The normalized spacial score (nSPS) is 15.3. The maximum absolute atomic E-state index is 14.5. The number of aliphatic hydroxyl groups excluding tert-OH is 1. The van der Waals surface area contributed by atoms with Crippen molar-refractivity contribution in [3.63, 3.8) is 0 Å². The fraction of sp³-hybridized carbons (Fsp3) is 0.667. The molecule has 0 spiro atoms. The van der Waals surface area contributed by atoms with Crippen LogP contribution in [0.15, 0.2) is 11.2 Å². The fourth-order valence-electron chi connectivity index (χ4n) is 1.58. The molecule has 1 aromatic heterocycles. The van der Waals surface area contributed by atoms with Crippen molar-refractivity contribution in [3.05, 3.63) is 21.9 Å². The van der Waals surface area contributed by atoms with E-state index in [1.165, 1.54) is 17.4 Å². The third-order valence-electron chi connectivity index (χ3n) is 3.86. The third kappa shape index (κ3) is 5.29. The Labute approximate surface area is 132 Å². The molecule has 1 aromatic rings. The summed E-state index contributed by atoms with van der Waals surface area (Å²) in [5.74, 6) is -0.362. The minimum Gasteiger partial charge on any atom is -0.407 e. The van der Waals surface area contributed by atoms with Crippen LogP contribution in [0.2, 0.25) is 18.1 Å². The van der Waals surface area contributed by atoms with Gasteiger partial charge in [0.15, 0.2) is 8.32 Å². The molecular weight excluding hydrogens is 305 g/mol. The van der Waals surface area contributed by atoms with Gasteiger partial charge in [-0.25, -0.2) is 9.37 Å². The van der Waals surface area contributed by atoms with Gasteiger partial charge in [-0.05, 0) is 31.1 Å². The molecule has 1 rings (SSSR count). The lowest BCUT2D eigenvalue weighted by atomic mass is 10.2. The summed E-state index contributed by atoms with van der Waals surface area (Å²) in [5.41, 5.74) is 0.608. The first-order valence-corrected chi connectivity index (χ1v) is 10.9. The lowest BCUT2D eigenvalue weighted by molar-refractivity contribution is 0.148. The molecule has 0 unspecified atom stereocenters. The Balaban J connectivity index is 2.93. The van der Waals surface area contributed by atoms with Crippen LogP contribution in [-0.2, 0) is 4.43 Å². The highest BCUT2D eigenvalue weighted by Gasteiger charge is 2.39. The molecule has 0 bridgehead atoms. The molecule has 0 saturated carbocycles. The van der Waals surface area contributed by atoms with E-state index in [-0.39, 0.29) is 23.9 Å². The minimum absolute atomic E-state index is 0.00178. The van der Waals surface area contributed by atoms with Gasteiger partial charge in [-0.2, -0.15) is 0 Å². The molecule has 0 aliphatic carbocycles. The van der Waals surface area contributed by atoms with Crippen LogP contribution in [-0.4, -0.2) is 31.1 Å². The summed E-state index contributed by atoms with van der Waals surface area (Å²) in [5, 5.41) is 11.9. The first-order chi connectivity index (χ1) is 9.56. The van der Waals surface area contributed by atoms with Gasteiger partial charge in [0, 0.05) is 18.4 Å². The Morgan fingerprint density at radius 1 is 1.52 bits per heavy atom. The molecule has 6 heteroatoms. The van der Waals surface area contributed by atoms with E-state index in [4.69, 9.17) is 4.43 Å². The highest BCUT2D eigenvalue weighted by Crippen LogP contribution is 2.38. The van der Waals surface area contributed by atoms with Crippen molar-refractivity contribution >= 4 is 25.7 Å². The molecule has 1 atom stereocenters. The van der Waals surface area contributed by atoms with E-state index in [0.29, 0.717) is 5.69 Å². The number of thiazole rings is 1. The van der Waals surface area contributed by atoms with Crippen LogP contribution >= 0.6 is 11.3 Å². The van der Waals surface area contributed by atoms with Crippen LogP contribution in [0.5, 0.6) is 0 Å². The second-order valence-electron chi connectivity index (χ2n) is 6.70. The van der Waals surface area contributed by atoms with Crippen molar-refractivity contribution in [1.29, 1.82) is 0 Å². The first kappa shape index (κ1) is 18.5. The Morgan fingerprint density at radius 2 is 2.14 bits per heavy atom. The van der Waals surface area contributed by atoms with Crippen molar-refractivity contribution < 1.29 is 13.9 Å². The number of hydrogen-bond donors (Lipinski definition) is 1. The predicted molar refractivity (Wildman–Crippen MR) is 89.7 cm³/mol. The number of nitrogens with zero attached hydrogens (tertiary/aromatic N) is 1. The van der Waals surface area contributed by atoms with E-state index < -0.39 is 14.4 Å². The molecule has 0 amide bonds. The van der Waals surface area contributed by atoms with Crippen LogP contribution in [0.25, 0.3) is 6.08 Å². The maximum Gasteiger partial charge on any atom is 0.193 e. The number of rotatable bonds is 6. The van der Waals surface area contributed by atoms with Gasteiger partial charge in [0.1, 0.15) is 5.83 Å². The van der Waals surface area contributed by atoms with Crippen molar-refractivity contribution in [1.82, 2.24) is 4.98 Å². The Bertz CT molecular complexity index is 494. The quantitative estimate of drug-likeness (QED) is 0.779. The molecule has 0 aliphatic heterocycles. The highest BCUT2D eigenvalue weighted by molar-refractivity contribution is 7.09. The second-order valence-corrected chi connectivity index (χ2v) is 12.5. The largest absolute Gasteiger partial charge is 0.407 e. The summed E-state index contributed by atoms with van der Waals surface area (Å²) in [7, 11) is -2.09. The van der Waals surface area contributed by atoms with Crippen molar-refractivity contribution in [2.45, 2.75) is 58.4 Å². The SMILES string of the molecule is Cc1nc(/C=C(\F)[C@@H](CCO)O[Si](C)(C)C(C)(C)C)cs1. The first-order valence-electron chi connectivity index (χ1n) is 7.15. The van der Waals surface area contributed by atoms with E-state index in [2.05, 4.69) is 38.8 Å². The highest BCUT2D eigenvalue weighted by atomic mass is 32.1. The Hall–Kier alpha value is -0.563. The molecule has 0 fully saturated rings. The number of aliphatic hydroxyl groups is 1. The lowest BCUT2D eigenvalue weighted by Gasteiger charge is -2.38. The fourth-order valence-corrected chi connectivity index (χ4v) is 3.45. The summed E-state index contributed by atoms with van der Waals surface area (Å²) in [6.07, 6.45) is 0.979. The number of aryl methyl sites for hydroxylation is 1. The molecule has 3 nitrogen and oxygen atoms in total. The molecule has 1 heterocycles. The van der Waals surface area contributed by atoms with Crippen molar-refractivity contribution in [3.8, 4) is 0 Å². The maximum atomic E-state index is 14.5. The van der Waals surface area contributed by atoms with Gasteiger partial charge in [0.25, 0.3) is 0 Å². The zero-order chi connectivity index (χ0) is 16.3. The van der Waals surface area contributed by atoms with E-state index in [9.17, 15) is 9.50 Å². The van der Waals surface area contributed by atoms with Crippen LogP contribution in [0.3, 0.4) is 0 Å². The molecule has 0 aliphatic rings. The smallest absolute Gasteiger partial charge is 0.193 e. The summed E-state index contributed by atoms with van der Waals surface area (Å²) < 4.78 is 20.6. The average Bonchev–Trinajstić information content (AvgIpc) is 2.72. The van der Waals surface area contributed by atoms with E-state index >= 15 is 0 Å². The van der Waals surface area contributed by atoms with Gasteiger partial charge in [-0.3, -0.25) is 0 Å². The monoisotopic (exact) mass is 331 g/mol.